The molecule has 3 rings (SSSR count). The molecular weight excluding hydrogens is 318 g/mol. The van der Waals surface area contributed by atoms with Crippen LogP contribution in [0.4, 0.5) is 5.82 Å². The normalized spacial score (nSPS) is 22.3. The van der Waals surface area contributed by atoms with Gasteiger partial charge in [-0.15, -0.1) is 0 Å². The summed E-state index contributed by atoms with van der Waals surface area (Å²) >= 11 is 6.36. The van der Waals surface area contributed by atoms with Crippen molar-refractivity contribution < 1.29 is 9.53 Å². The summed E-state index contributed by atoms with van der Waals surface area (Å²) in [5.41, 5.74) is -0.0864. The summed E-state index contributed by atoms with van der Waals surface area (Å²) in [6.45, 7) is 5.96. The van der Waals surface area contributed by atoms with Crippen LogP contribution < -0.4 is 10.9 Å². The number of nitrogens with one attached hydrogen (secondary N) is 1. The molecule has 0 aromatic carbocycles. The Morgan fingerprint density at radius 2 is 2.17 bits per heavy atom. The first-order chi connectivity index (χ1) is 10.8. The van der Waals surface area contributed by atoms with Gasteiger partial charge in [0.05, 0.1) is 12.3 Å². The number of nitrogens with zero attached hydrogens (tertiary/aromatic N) is 2. The molecule has 6 nitrogen and oxygen atoms in total. The number of anilines is 1. The van der Waals surface area contributed by atoms with E-state index in [1.807, 2.05) is 13.8 Å². The Labute approximate surface area is 140 Å². The average molecular weight is 340 g/mol. The molecule has 23 heavy (non-hydrogen) atoms. The maximum Gasteiger partial charge on any atom is 0.329 e. The fraction of sp³-hybridized carbons (Fsp3) is 0.688. The van der Waals surface area contributed by atoms with E-state index in [0.29, 0.717) is 12.1 Å². The van der Waals surface area contributed by atoms with E-state index in [0.717, 1.165) is 19.3 Å². The molecular formula is C16H22ClN3O3. The number of rotatable bonds is 4. The fourth-order valence-electron chi connectivity index (χ4n) is 3.36. The number of hydrogen-bond donors (Lipinski definition) is 1. The Morgan fingerprint density at radius 3 is 2.74 bits per heavy atom. The Balaban J connectivity index is 2.08. The number of carbonyl (C=O) groups excluding carboxylic acids is 1. The van der Waals surface area contributed by atoms with Crippen molar-refractivity contribution in [1.82, 2.24) is 9.55 Å². The van der Waals surface area contributed by atoms with E-state index < -0.39 is 17.4 Å². The monoisotopic (exact) mass is 339 g/mol. The summed E-state index contributed by atoms with van der Waals surface area (Å²) in [6.07, 6.45) is 3.67. The number of esters is 1. The van der Waals surface area contributed by atoms with Gasteiger partial charge in [-0.1, -0.05) is 25.4 Å². The van der Waals surface area contributed by atoms with E-state index in [9.17, 15) is 9.59 Å². The van der Waals surface area contributed by atoms with Crippen LogP contribution in [0.5, 0.6) is 0 Å². The lowest BCUT2D eigenvalue weighted by Gasteiger charge is -2.27. The third kappa shape index (κ3) is 2.73. The third-order valence-corrected chi connectivity index (χ3v) is 4.99. The smallest absolute Gasteiger partial charge is 0.329 e. The molecule has 2 aliphatic rings. The second kappa shape index (κ2) is 5.82. The van der Waals surface area contributed by atoms with Crippen molar-refractivity contribution in [3.05, 3.63) is 21.2 Å². The molecule has 1 atom stereocenters. The summed E-state index contributed by atoms with van der Waals surface area (Å²) in [5, 5.41) is 3.44. The first kappa shape index (κ1) is 16.3. The Bertz CT molecular complexity index is 695. The summed E-state index contributed by atoms with van der Waals surface area (Å²) in [4.78, 5) is 29.4. The summed E-state index contributed by atoms with van der Waals surface area (Å²) < 4.78 is 6.62. The largest absolute Gasteiger partial charge is 0.464 e. The number of hydrogen-bond acceptors (Lipinski definition) is 5. The number of carbonyl (C=O) groups is 1. The number of halogens is 1. The highest BCUT2D eigenvalue weighted by atomic mass is 35.5. The van der Waals surface area contributed by atoms with Crippen molar-refractivity contribution in [3.63, 3.8) is 0 Å². The van der Waals surface area contributed by atoms with Gasteiger partial charge in [0.15, 0.2) is 11.0 Å². The van der Waals surface area contributed by atoms with Gasteiger partial charge in [-0.25, -0.2) is 9.78 Å². The van der Waals surface area contributed by atoms with E-state index in [2.05, 4.69) is 10.3 Å². The number of fused-ring (bicyclic) bond motifs is 1. The zero-order chi connectivity index (χ0) is 16.8. The maximum atomic E-state index is 12.9. The van der Waals surface area contributed by atoms with Crippen molar-refractivity contribution in [2.75, 3.05) is 11.9 Å². The van der Waals surface area contributed by atoms with Crippen LogP contribution in [-0.4, -0.2) is 28.2 Å². The van der Waals surface area contributed by atoms with Gasteiger partial charge in [0.2, 0.25) is 0 Å². The fourth-order valence-corrected chi connectivity index (χ4v) is 3.79. The minimum atomic E-state index is -0.644. The molecule has 0 radical (unpaired) electrons. The van der Waals surface area contributed by atoms with Crippen LogP contribution in [0.25, 0.3) is 0 Å². The third-order valence-electron chi connectivity index (χ3n) is 4.73. The van der Waals surface area contributed by atoms with Gasteiger partial charge in [0, 0.05) is 11.5 Å². The minimum absolute atomic E-state index is 0.232. The van der Waals surface area contributed by atoms with Crippen LogP contribution >= 0.6 is 11.6 Å². The van der Waals surface area contributed by atoms with E-state index >= 15 is 0 Å². The van der Waals surface area contributed by atoms with Crippen molar-refractivity contribution in [3.8, 4) is 0 Å². The van der Waals surface area contributed by atoms with Gasteiger partial charge in [-0.2, -0.15) is 0 Å². The molecule has 7 heteroatoms. The quantitative estimate of drug-likeness (QED) is 0.854. The average Bonchev–Trinajstić information content (AvgIpc) is 2.72. The lowest BCUT2D eigenvalue weighted by molar-refractivity contribution is -0.147. The predicted molar refractivity (Wildman–Crippen MR) is 88.1 cm³/mol. The topological polar surface area (TPSA) is 73.2 Å². The standard InChI is InChI=1S/C16H22ClN3O3/c1-4-23-15(22)10-8-16(2,3)11-12(17)19-13(14(21)20(10)11)18-9-6-5-7-9/h9-10H,4-8H2,1-3H3,(H,18,19)/t10-/m0/s1. The van der Waals surface area contributed by atoms with Crippen LogP contribution in [0.15, 0.2) is 4.79 Å². The molecule has 126 valence electrons. The molecule has 1 N–H and O–H groups in total. The number of aromatic nitrogens is 2. The molecule has 1 fully saturated rings. The minimum Gasteiger partial charge on any atom is -0.464 e. The molecule has 0 unspecified atom stereocenters. The highest BCUT2D eigenvalue weighted by Gasteiger charge is 2.44. The van der Waals surface area contributed by atoms with Crippen LogP contribution in [-0.2, 0) is 14.9 Å². The number of ether oxygens (including phenoxy) is 1. The zero-order valence-electron chi connectivity index (χ0n) is 13.7. The van der Waals surface area contributed by atoms with Crippen molar-refractivity contribution in [1.29, 1.82) is 0 Å². The Kier molecular flexibility index (Phi) is 4.12. The molecule has 0 bridgehead atoms. The molecule has 1 aromatic heterocycles. The molecule has 1 aliphatic heterocycles. The van der Waals surface area contributed by atoms with Crippen LogP contribution in [0, 0.1) is 0 Å². The van der Waals surface area contributed by atoms with Gasteiger partial charge < -0.3 is 10.1 Å². The van der Waals surface area contributed by atoms with Gasteiger partial charge >= 0.3 is 5.97 Å². The molecule has 0 saturated heterocycles. The van der Waals surface area contributed by atoms with Crippen molar-refractivity contribution >= 4 is 23.4 Å². The Morgan fingerprint density at radius 1 is 1.48 bits per heavy atom. The van der Waals surface area contributed by atoms with Crippen LogP contribution in [0.2, 0.25) is 5.15 Å². The molecule has 1 saturated carbocycles. The molecule has 0 amide bonds. The lowest BCUT2D eigenvalue weighted by atomic mass is 9.87. The van der Waals surface area contributed by atoms with Gasteiger partial charge in [-0.3, -0.25) is 9.36 Å². The highest BCUT2D eigenvalue weighted by Crippen LogP contribution is 2.43. The first-order valence-electron chi connectivity index (χ1n) is 8.11. The van der Waals surface area contributed by atoms with Crippen LogP contribution in [0.3, 0.4) is 0 Å². The highest BCUT2D eigenvalue weighted by molar-refractivity contribution is 6.30. The van der Waals surface area contributed by atoms with Crippen molar-refractivity contribution in [2.24, 2.45) is 0 Å². The predicted octanol–water partition coefficient (Wildman–Crippen LogP) is 2.65. The second-order valence-electron chi connectivity index (χ2n) is 6.90. The van der Waals surface area contributed by atoms with Gasteiger partial charge in [0.25, 0.3) is 5.56 Å². The van der Waals surface area contributed by atoms with Gasteiger partial charge in [-0.05, 0) is 32.6 Å². The van der Waals surface area contributed by atoms with E-state index in [1.165, 1.54) is 4.57 Å². The summed E-state index contributed by atoms with van der Waals surface area (Å²) in [6, 6.07) is -0.379. The second-order valence-corrected chi connectivity index (χ2v) is 7.26. The molecule has 1 aliphatic carbocycles. The van der Waals surface area contributed by atoms with Gasteiger partial charge in [0.1, 0.15) is 6.04 Å². The van der Waals surface area contributed by atoms with E-state index in [4.69, 9.17) is 16.3 Å². The molecule has 1 aromatic rings. The Hall–Kier alpha value is -1.56. The molecule has 0 spiro atoms. The lowest BCUT2D eigenvalue weighted by Crippen LogP contribution is -2.36. The summed E-state index contributed by atoms with van der Waals surface area (Å²) in [5.74, 6) is -0.159. The van der Waals surface area contributed by atoms with Crippen molar-refractivity contribution in [2.45, 2.75) is 64.0 Å². The SMILES string of the molecule is CCOC(=O)[C@@H]1CC(C)(C)c2c(Cl)nc(NC3CCC3)c(=O)n21. The van der Waals surface area contributed by atoms with Crippen LogP contribution in [0.1, 0.15) is 58.2 Å². The first-order valence-corrected chi connectivity index (χ1v) is 8.48. The van der Waals surface area contributed by atoms with E-state index in [-0.39, 0.29) is 29.2 Å². The summed E-state index contributed by atoms with van der Waals surface area (Å²) in [7, 11) is 0. The molecule has 2 heterocycles. The van der Waals surface area contributed by atoms with E-state index in [1.54, 1.807) is 6.92 Å². The maximum absolute atomic E-state index is 12.9. The zero-order valence-corrected chi connectivity index (χ0v) is 14.4.